The molecule has 1 N–H and O–H groups in total. The molecule has 0 unspecified atom stereocenters. The van der Waals surface area contributed by atoms with Gasteiger partial charge in [0.15, 0.2) is 0 Å². The topological polar surface area (TPSA) is 42.2 Å². The van der Waals surface area contributed by atoms with E-state index in [1.54, 1.807) is 13.8 Å². The van der Waals surface area contributed by atoms with Crippen LogP contribution < -0.4 is 0 Å². The first-order valence-corrected chi connectivity index (χ1v) is 6.70. The number of benzene rings is 1. The van der Waals surface area contributed by atoms with Crippen LogP contribution in [0, 0.1) is 0 Å². The fourth-order valence-electron chi connectivity index (χ4n) is 2.16. The van der Waals surface area contributed by atoms with Gasteiger partial charge < -0.3 is 9.67 Å². The molecule has 96 valence electrons. The molecule has 18 heavy (non-hydrogen) atoms. The van der Waals surface area contributed by atoms with E-state index in [-0.39, 0.29) is 0 Å². The van der Waals surface area contributed by atoms with Crippen LogP contribution in [0.15, 0.2) is 28.9 Å². The number of nitrogens with zero attached hydrogens (tertiary/aromatic N) is 1. The number of rotatable bonds is 3. The lowest BCUT2D eigenvalue weighted by Gasteiger charge is -2.18. The highest BCUT2D eigenvalue weighted by Crippen LogP contribution is 2.36. The highest BCUT2D eigenvalue weighted by molar-refractivity contribution is 9.10. The summed E-state index contributed by atoms with van der Waals surface area (Å²) in [5, 5.41) is 10.4. The van der Waals surface area contributed by atoms with Gasteiger partial charge in [0.05, 0.1) is 5.41 Å². The lowest BCUT2D eigenvalue weighted by Crippen LogP contribution is -2.28. The zero-order valence-corrected chi connectivity index (χ0v) is 12.3. The Morgan fingerprint density at radius 2 is 2.11 bits per heavy atom. The first-order valence-electron chi connectivity index (χ1n) is 5.90. The van der Waals surface area contributed by atoms with Gasteiger partial charge in [0.25, 0.3) is 0 Å². The molecule has 0 bridgehead atoms. The first-order chi connectivity index (χ1) is 8.39. The molecule has 2 rings (SSSR count). The Morgan fingerprint density at radius 1 is 1.44 bits per heavy atom. The Kier molecular flexibility index (Phi) is 3.23. The van der Waals surface area contributed by atoms with Crippen LogP contribution >= 0.6 is 15.9 Å². The fraction of sp³-hybridized carbons (Fsp3) is 0.357. The number of halogens is 1. The number of fused-ring (bicyclic) bond motifs is 1. The summed E-state index contributed by atoms with van der Waals surface area (Å²) in [7, 11) is 0. The van der Waals surface area contributed by atoms with Crippen molar-refractivity contribution in [3.05, 3.63) is 34.4 Å². The van der Waals surface area contributed by atoms with Crippen LogP contribution in [0.1, 0.15) is 26.3 Å². The number of carbonyl (C=O) groups is 1. The van der Waals surface area contributed by atoms with E-state index < -0.39 is 11.4 Å². The zero-order valence-electron chi connectivity index (χ0n) is 10.7. The van der Waals surface area contributed by atoms with Gasteiger partial charge in [0.1, 0.15) is 0 Å². The summed E-state index contributed by atoms with van der Waals surface area (Å²) in [6.07, 6.45) is 1.95. The second kappa shape index (κ2) is 4.43. The van der Waals surface area contributed by atoms with Gasteiger partial charge in [-0.1, -0.05) is 22.0 Å². The molecule has 0 radical (unpaired) electrons. The smallest absolute Gasteiger partial charge is 0.313 e. The van der Waals surface area contributed by atoms with Crippen molar-refractivity contribution in [1.82, 2.24) is 4.57 Å². The lowest BCUT2D eigenvalue weighted by molar-refractivity contribution is -0.142. The minimum absolute atomic E-state index is 0.812. The molecule has 0 atom stereocenters. The summed E-state index contributed by atoms with van der Waals surface area (Å²) < 4.78 is 3.02. The second-order valence-electron chi connectivity index (χ2n) is 4.89. The van der Waals surface area contributed by atoms with Gasteiger partial charge in [0.2, 0.25) is 0 Å². The highest BCUT2D eigenvalue weighted by Gasteiger charge is 2.33. The van der Waals surface area contributed by atoms with E-state index in [1.165, 1.54) is 0 Å². The molecular formula is C14H16BrNO2. The van der Waals surface area contributed by atoms with Gasteiger partial charge in [-0.15, -0.1) is 0 Å². The Morgan fingerprint density at radius 3 is 2.67 bits per heavy atom. The van der Waals surface area contributed by atoms with E-state index in [0.29, 0.717) is 0 Å². The monoisotopic (exact) mass is 309 g/mol. The van der Waals surface area contributed by atoms with Crippen molar-refractivity contribution in [2.75, 3.05) is 0 Å². The van der Waals surface area contributed by atoms with E-state index in [0.717, 1.165) is 27.5 Å². The van der Waals surface area contributed by atoms with Crippen LogP contribution in [0.25, 0.3) is 10.9 Å². The van der Waals surface area contributed by atoms with Gasteiger partial charge in [-0.2, -0.15) is 0 Å². The van der Waals surface area contributed by atoms with Gasteiger partial charge in [0, 0.05) is 28.1 Å². The molecule has 0 aliphatic heterocycles. The second-order valence-corrected chi connectivity index (χ2v) is 5.75. The van der Waals surface area contributed by atoms with Crippen LogP contribution in [0.4, 0.5) is 0 Å². The molecule has 0 spiro atoms. The van der Waals surface area contributed by atoms with Crippen LogP contribution in [0.2, 0.25) is 0 Å². The molecule has 1 aromatic heterocycles. The van der Waals surface area contributed by atoms with Crippen molar-refractivity contribution < 1.29 is 9.90 Å². The van der Waals surface area contributed by atoms with E-state index in [2.05, 4.69) is 27.4 Å². The fourth-order valence-corrected chi connectivity index (χ4v) is 2.73. The van der Waals surface area contributed by atoms with E-state index in [9.17, 15) is 9.90 Å². The average Bonchev–Trinajstić information content (AvgIpc) is 2.69. The summed E-state index contributed by atoms with van der Waals surface area (Å²) in [6.45, 7) is 6.35. The van der Waals surface area contributed by atoms with Gasteiger partial charge in [-0.25, -0.2) is 0 Å². The third-order valence-electron chi connectivity index (χ3n) is 3.40. The van der Waals surface area contributed by atoms with Crippen molar-refractivity contribution in [2.24, 2.45) is 0 Å². The Labute approximate surface area is 115 Å². The summed E-state index contributed by atoms with van der Waals surface area (Å²) in [4.78, 5) is 11.4. The molecule has 4 heteroatoms. The van der Waals surface area contributed by atoms with E-state index >= 15 is 0 Å². The molecule has 1 heterocycles. The van der Waals surface area contributed by atoms with E-state index in [1.807, 2.05) is 24.4 Å². The van der Waals surface area contributed by atoms with Crippen LogP contribution in [0.3, 0.4) is 0 Å². The van der Waals surface area contributed by atoms with Crippen molar-refractivity contribution in [1.29, 1.82) is 0 Å². The molecule has 0 aliphatic rings. The standard InChI is InChI=1S/C14H16BrNO2/c1-4-16-8-9(14(2,3)13(17)18)12-10(15)6-5-7-11(12)16/h5-8H,4H2,1-3H3,(H,17,18). The molecule has 3 nitrogen and oxygen atoms in total. The molecule has 0 fully saturated rings. The summed E-state index contributed by atoms with van der Waals surface area (Å²) in [6, 6.07) is 5.94. The van der Waals surface area contributed by atoms with Crippen LogP contribution in [-0.4, -0.2) is 15.6 Å². The Bertz CT molecular complexity index is 614. The SMILES string of the molecule is CCn1cc(C(C)(C)C(=O)O)c2c(Br)cccc21. The Balaban J connectivity index is 2.84. The molecule has 0 saturated carbocycles. The summed E-state index contributed by atoms with van der Waals surface area (Å²) in [5.74, 6) is -0.812. The third-order valence-corrected chi connectivity index (χ3v) is 4.06. The predicted molar refractivity (Wildman–Crippen MR) is 76.0 cm³/mol. The number of carboxylic acid groups (broad SMARTS) is 1. The van der Waals surface area contributed by atoms with Crippen LogP contribution in [-0.2, 0) is 16.8 Å². The molecule has 0 saturated heterocycles. The number of aliphatic carboxylic acids is 1. The summed E-state index contributed by atoms with van der Waals surface area (Å²) >= 11 is 3.53. The lowest BCUT2D eigenvalue weighted by atomic mass is 9.85. The number of hydrogen-bond donors (Lipinski definition) is 1. The summed E-state index contributed by atoms with van der Waals surface area (Å²) in [5.41, 5.74) is 1.01. The predicted octanol–water partition coefficient (Wildman–Crippen LogP) is 3.79. The Hall–Kier alpha value is -1.29. The number of aromatic nitrogens is 1. The quantitative estimate of drug-likeness (QED) is 0.937. The number of hydrogen-bond acceptors (Lipinski definition) is 1. The van der Waals surface area contributed by atoms with Crippen molar-refractivity contribution in [2.45, 2.75) is 32.7 Å². The molecule has 2 aromatic rings. The maximum Gasteiger partial charge on any atom is 0.313 e. The third kappa shape index (κ3) is 1.85. The van der Waals surface area contributed by atoms with Crippen molar-refractivity contribution in [3.63, 3.8) is 0 Å². The van der Waals surface area contributed by atoms with Crippen molar-refractivity contribution in [3.8, 4) is 0 Å². The number of aryl methyl sites for hydroxylation is 1. The highest BCUT2D eigenvalue weighted by atomic mass is 79.9. The maximum atomic E-state index is 11.4. The van der Waals surface area contributed by atoms with Gasteiger partial charge >= 0.3 is 5.97 Å². The normalized spacial score (nSPS) is 12.0. The molecule has 0 aliphatic carbocycles. The van der Waals surface area contributed by atoms with E-state index in [4.69, 9.17) is 0 Å². The minimum atomic E-state index is -0.900. The molecule has 1 aromatic carbocycles. The molecular weight excluding hydrogens is 294 g/mol. The minimum Gasteiger partial charge on any atom is -0.481 e. The van der Waals surface area contributed by atoms with Crippen LogP contribution in [0.5, 0.6) is 0 Å². The molecule has 0 amide bonds. The average molecular weight is 310 g/mol. The largest absolute Gasteiger partial charge is 0.481 e. The zero-order chi connectivity index (χ0) is 13.5. The first kappa shape index (κ1) is 13.1. The maximum absolute atomic E-state index is 11.4. The van der Waals surface area contributed by atoms with Gasteiger partial charge in [-0.3, -0.25) is 4.79 Å². The van der Waals surface area contributed by atoms with Crippen molar-refractivity contribution >= 4 is 32.8 Å². The van der Waals surface area contributed by atoms with Gasteiger partial charge in [-0.05, 0) is 38.5 Å². The number of carboxylic acids is 1.